The van der Waals surface area contributed by atoms with E-state index >= 15 is 0 Å². The number of ether oxygens (including phenoxy) is 1. The maximum Gasteiger partial charge on any atom is 0.270 e. The van der Waals surface area contributed by atoms with Crippen LogP contribution in [0.15, 0.2) is 58.7 Å². The number of nitrogens with zero attached hydrogens (tertiary/aromatic N) is 3. The Kier molecular flexibility index (Phi) is 5.82. The number of carbonyl (C=O) groups is 1. The Bertz CT molecular complexity index is 912. The second kappa shape index (κ2) is 8.45. The standard InChI is InChI=1S/C18H16N4O4S/c1-26-15-7-5-12(6-8-15)10-16-17(23)20-18(27-16)21-19-11-13-3-2-4-14(9-13)22(24)25/h2-9,11,16H,10H2,1H3,(H,20,21,23)/b19-11-/t16-/m1/s1. The molecule has 2 aromatic rings. The van der Waals surface area contributed by atoms with Crippen LogP contribution in [0.25, 0.3) is 0 Å². The molecule has 0 aromatic heterocycles. The molecule has 1 N–H and O–H groups in total. The first kappa shape index (κ1) is 18.6. The topological polar surface area (TPSA) is 106 Å². The summed E-state index contributed by atoms with van der Waals surface area (Å²) >= 11 is 1.30. The lowest BCUT2D eigenvalue weighted by molar-refractivity contribution is -0.384. The average molecular weight is 384 g/mol. The van der Waals surface area contributed by atoms with Gasteiger partial charge in [0.15, 0.2) is 5.17 Å². The minimum atomic E-state index is -0.472. The summed E-state index contributed by atoms with van der Waals surface area (Å²) < 4.78 is 5.12. The van der Waals surface area contributed by atoms with E-state index in [1.54, 1.807) is 19.2 Å². The Morgan fingerprint density at radius 1 is 1.30 bits per heavy atom. The van der Waals surface area contributed by atoms with Gasteiger partial charge in [-0.3, -0.25) is 14.9 Å². The third kappa shape index (κ3) is 4.91. The Balaban J connectivity index is 1.62. The molecule has 8 nitrogen and oxygen atoms in total. The van der Waals surface area contributed by atoms with Crippen LogP contribution in [-0.2, 0) is 11.2 Å². The van der Waals surface area contributed by atoms with E-state index in [0.29, 0.717) is 17.2 Å². The molecule has 1 saturated heterocycles. The van der Waals surface area contributed by atoms with Gasteiger partial charge >= 0.3 is 0 Å². The van der Waals surface area contributed by atoms with Crippen molar-refractivity contribution in [2.24, 2.45) is 10.2 Å². The van der Waals surface area contributed by atoms with Gasteiger partial charge in [-0.1, -0.05) is 36.0 Å². The van der Waals surface area contributed by atoms with Crippen LogP contribution in [0.3, 0.4) is 0 Å². The van der Waals surface area contributed by atoms with Gasteiger partial charge < -0.3 is 10.1 Å². The number of nitrogens with one attached hydrogen (secondary N) is 1. The molecule has 0 bridgehead atoms. The molecule has 0 saturated carbocycles. The van der Waals surface area contributed by atoms with E-state index in [4.69, 9.17) is 4.74 Å². The van der Waals surface area contributed by atoms with Crippen molar-refractivity contribution >= 4 is 34.7 Å². The van der Waals surface area contributed by atoms with Crippen LogP contribution in [0, 0.1) is 10.1 Å². The summed E-state index contributed by atoms with van der Waals surface area (Å²) in [5.41, 5.74) is 1.55. The largest absolute Gasteiger partial charge is 0.497 e. The van der Waals surface area contributed by atoms with Crippen molar-refractivity contribution in [1.29, 1.82) is 0 Å². The number of carbonyl (C=O) groups excluding carboxylic acids is 1. The summed E-state index contributed by atoms with van der Waals surface area (Å²) in [6, 6.07) is 13.6. The van der Waals surface area contributed by atoms with Gasteiger partial charge in [-0.2, -0.15) is 5.10 Å². The zero-order valence-corrected chi connectivity index (χ0v) is 15.2. The van der Waals surface area contributed by atoms with Crippen LogP contribution >= 0.6 is 11.8 Å². The number of methoxy groups -OCH3 is 1. The minimum absolute atomic E-state index is 0.0188. The van der Waals surface area contributed by atoms with Gasteiger partial charge in [0.25, 0.3) is 5.69 Å². The number of nitro benzene ring substituents is 1. The highest BCUT2D eigenvalue weighted by Crippen LogP contribution is 2.24. The highest BCUT2D eigenvalue weighted by Gasteiger charge is 2.30. The van der Waals surface area contributed by atoms with E-state index in [1.165, 1.54) is 30.1 Å². The van der Waals surface area contributed by atoms with E-state index in [-0.39, 0.29) is 16.8 Å². The third-order valence-corrected chi connectivity index (χ3v) is 4.87. The maximum absolute atomic E-state index is 12.1. The molecule has 1 aliphatic rings. The zero-order valence-electron chi connectivity index (χ0n) is 14.4. The van der Waals surface area contributed by atoms with Crippen LogP contribution in [0.4, 0.5) is 5.69 Å². The lowest BCUT2D eigenvalue weighted by atomic mass is 10.1. The van der Waals surface area contributed by atoms with Crippen molar-refractivity contribution in [3.63, 3.8) is 0 Å². The SMILES string of the molecule is COc1ccc(C[C@H]2S/C(=N/N=C\c3cccc([N+](=O)[O-])c3)NC2=O)cc1. The van der Waals surface area contributed by atoms with Crippen molar-refractivity contribution in [3.8, 4) is 5.75 Å². The van der Waals surface area contributed by atoms with Gasteiger partial charge in [0.2, 0.25) is 5.91 Å². The van der Waals surface area contributed by atoms with E-state index in [1.807, 2.05) is 24.3 Å². The van der Waals surface area contributed by atoms with E-state index < -0.39 is 4.92 Å². The maximum atomic E-state index is 12.1. The molecule has 0 spiro atoms. The van der Waals surface area contributed by atoms with Crippen LogP contribution in [-0.4, -0.2) is 34.6 Å². The fourth-order valence-electron chi connectivity index (χ4n) is 2.43. The van der Waals surface area contributed by atoms with Gasteiger partial charge in [-0.25, -0.2) is 0 Å². The lowest BCUT2D eigenvalue weighted by Crippen LogP contribution is -2.25. The summed E-state index contributed by atoms with van der Waals surface area (Å²) in [4.78, 5) is 22.4. The first-order valence-electron chi connectivity index (χ1n) is 8.01. The number of amides is 1. The number of benzene rings is 2. The molecule has 1 heterocycles. The average Bonchev–Trinajstić information content (AvgIpc) is 3.02. The van der Waals surface area contributed by atoms with Gasteiger partial charge in [-0.15, -0.1) is 5.10 Å². The van der Waals surface area contributed by atoms with Crippen molar-refractivity contribution < 1.29 is 14.5 Å². The van der Waals surface area contributed by atoms with Crippen molar-refractivity contribution in [1.82, 2.24) is 5.32 Å². The number of thioether (sulfide) groups is 1. The highest BCUT2D eigenvalue weighted by atomic mass is 32.2. The highest BCUT2D eigenvalue weighted by molar-refractivity contribution is 8.15. The molecular formula is C18H16N4O4S. The second-order valence-electron chi connectivity index (χ2n) is 5.65. The molecule has 1 amide bonds. The summed E-state index contributed by atoms with van der Waals surface area (Å²) in [6.45, 7) is 0. The van der Waals surface area contributed by atoms with Crippen LogP contribution in [0.2, 0.25) is 0 Å². The third-order valence-electron chi connectivity index (χ3n) is 3.79. The first-order valence-corrected chi connectivity index (χ1v) is 8.89. The monoisotopic (exact) mass is 384 g/mol. The molecule has 27 heavy (non-hydrogen) atoms. The molecule has 0 unspecified atom stereocenters. The van der Waals surface area contributed by atoms with Gasteiger partial charge in [0.05, 0.1) is 23.5 Å². The molecule has 1 atom stereocenters. The smallest absolute Gasteiger partial charge is 0.270 e. The Morgan fingerprint density at radius 2 is 2.07 bits per heavy atom. The van der Waals surface area contributed by atoms with Gasteiger partial charge in [-0.05, 0) is 24.1 Å². The van der Waals surface area contributed by atoms with Crippen molar-refractivity contribution in [2.75, 3.05) is 7.11 Å². The predicted octanol–water partition coefficient (Wildman–Crippen LogP) is 2.77. The van der Waals surface area contributed by atoms with Crippen molar-refractivity contribution in [3.05, 3.63) is 69.8 Å². The van der Waals surface area contributed by atoms with E-state index in [0.717, 1.165) is 11.3 Å². The molecular weight excluding hydrogens is 368 g/mol. The number of amidine groups is 1. The minimum Gasteiger partial charge on any atom is -0.497 e. The number of non-ortho nitro benzene ring substituents is 1. The molecule has 1 fully saturated rings. The lowest BCUT2D eigenvalue weighted by Gasteiger charge is -2.06. The zero-order chi connectivity index (χ0) is 19.2. The van der Waals surface area contributed by atoms with Crippen molar-refractivity contribution in [2.45, 2.75) is 11.7 Å². The normalized spacial score (nSPS) is 18.0. The van der Waals surface area contributed by atoms with E-state index in [2.05, 4.69) is 15.5 Å². The first-order chi connectivity index (χ1) is 13.0. The molecule has 3 rings (SSSR count). The van der Waals surface area contributed by atoms with Gasteiger partial charge in [0.1, 0.15) is 5.75 Å². The molecule has 2 aromatic carbocycles. The number of rotatable bonds is 6. The molecule has 138 valence electrons. The Hall–Kier alpha value is -3.20. The van der Waals surface area contributed by atoms with Crippen LogP contribution < -0.4 is 10.1 Å². The number of nitro groups is 1. The molecule has 9 heteroatoms. The fraction of sp³-hybridized carbons (Fsp3) is 0.167. The quantitative estimate of drug-likeness (QED) is 0.468. The number of hydrogen-bond donors (Lipinski definition) is 1. The summed E-state index contributed by atoms with van der Waals surface area (Å²) in [5.74, 6) is 0.639. The summed E-state index contributed by atoms with van der Waals surface area (Å²) in [6.07, 6.45) is 1.97. The summed E-state index contributed by atoms with van der Waals surface area (Å²) in [7, 11) is 1.60. The fourth-order valence-corrected chi connectivity index (χ4v) is 3.39. The van der Waals surface area contributed by atoms with Crippen LogP contribution in [0.5, 0.6) is 5.75 Å². The second-order valence-corrected chi connectivity index (χ2v) is 6.84. The van der Waals surface area contributed by atoms with Crippen LogP contribution in [0.1, 0.15) is 11.1 Å². The Labute approximate surface area is 159 Å². The number of hydrogen-bond acceptors (Lipinski definition) is 7. The molecule has 0 aliphatic carbocycles. The molecule has 1 aliphatic heterocycles. The Morgan fingerprint density at radius 3 is 2.78 bits per heavy atom. The predicted molar refractivity (Wildman–Crippen MR) is 104 cm³/mol. The molecule has 0 radical (unpaired) electrons. The van der Waals surface area contributed by atoms with E-state index in [9.17, 15) is 14.9 Å². The van der Waals surface area contributed by atoms with Gasteiger partial charge in [0, 0.05) is 17.7 Å². The summed E-state index contributed by atoms with van der Waals surface area (Å²) in [5, 5.41) is 21.5.